The van der Waals surface area contributed by atoms with Gasteiger partial charge in [0.2, 0.25) is 0 Å². The molecule has 2 atom stereocenters. The summed E-state index contributed by atoms with van der Waals surface area (Å²) in [6, 6.07) is 11.3. The number of carboxylic acid groups (broad SMARTS) is 1. The van der Waals surface area contributed by atoms with Crippen LogP contribution in [0, 0.1) is 10.8 Å². The number of hydrogen-bond donors (Lipinski definition) is 2. The second kappa shape index (κ2) is 6.43. The van der Waals surface area contributed by atoms with E-state index in [2.05, 4.69) is 32.7 Å². The quantitative estimate of drug-likeness (QED) is 0.803. The van der Waals surface area contributed by atoms with Crippen molar-refractivity contribution in [3.63, 3.8) is 0 Å². The number of carbonyl (C=O) groups is 1. The highest BCUT2D eigenvalue weighted by atomic mass is 16.4. The molecule has 0 amide bonds. The maximum atomic E-state index is 11.0. The standard InChI is InChI=1S/C23H27N3O2/c1-22(2)11-12-23(3,4)20-19(22)24-13-18(26-20)17-10-9-16(25-17)14-5-7-15(8-6-14)21(27)28/h5-10,13,19-20,25H,11-12H2,1-4H3,(H,27,28). The zero-order valence-electron chi connectivity index (χ0n) is 16.9. The van der Waals surface area contributed by atoms with Gasteiger partial charge in [-0.15, -0.1) is 0 Å². The number of nitrogens with zero attached hydrogens (tertiary/aromatic N) is 2. The van der Waals surface area contributed by atoms with Crippen LogP contribution in [0.25, 0.3) is 11.3 Å². The fourth-order valence-electron chi connectivity index (χ4n) is 4.30. The summed E-state index contributed by atoms with van der Waals surface area (Å²) in [6.45, 7) is 9.19. The second-order valence-corrected chi connectivity index (χ2v) is 9.33. The van der Waals surface area contributed by atoms with Crippen LogP contribution < -0.4 is 0 Å². The molecule has 4 rings (SSSR count). The predicted molar refractivity (Wildman–Crippen MR) is 113 cm³/mol. The van der Waals surface area contributed by atoms with E-state index in [9.17, 15) is 4.79 Å². The number of rotatable bonds is 3. The van der Waals surface area contributed by atoms with Crippen molar-refractivity contribution in [2.24, 2.45) is 20.8 Å². The molecule has 0 bridgehead atoms. The van der Waals surface area contributed by atoms with Crippen molar-refractivity contribution in [2.45, 2.75) is 52.6 Å². The van der Waals surface area contributed by atoms with Crippen LogP contribution in [-0.2, 0) is 0 Å². The van der Waals surface area contributed by atoms with Crippen LogP contribution in [0.4, 0.5) is 0 Å². The lowest BCUT2D eigenvalue weighted by Crippen LogP contribution is -2.52. The number of aromatic carboxylic acids is 1. The van der Waals surface area contributed by atoms with Crippen LogP contribution in [-0.4, -0.2) is 40.1 Å². The summed E-state index contributed by atoms with van der Waals surface area (Å²) in [5.74, 6) is -0.918. The average Bonchev–Trinajstić information content (AvgIpc) is 3.15. The lowest BCUT2D eigenvalue weighted by Gasteiger charge is -2.49. The number of H-pyrrole nitrogens is 1. The molecular formula is C23H27N3O2. The molecule has 1 aromatic heterocycles. The Labute approximate surface area is 165 Å². The number of carboxylic acids is 1. The third kappa shape index (κ3) is 3.19. The molecule has 1 aliphatic heterocycles. The number of hydrogen-bond acceptors (Lipinski definition) is 3. The van der Waals surface area contributed by atoms with Crippen molar-refractivity contribution in [1.29, 1.82) is 0 Å². The molecule has 0 radical (unpaired) electrons. The SMILES string of the molecule is CC1(C)CCC(C)(C)C2N=C(c3ccc(-c4ccc(C(=O)O)cc4)[nH]3)C=NC21. The minimum Gasteiger partial charge on any atom is -0.478 e. The summed E-state index contributed by atoms with van der Waals surface area (Å²) >= 11 is 0. The Morgan fingerprint density at radius 1 is 0.964 bits per heavy atom. The minimum atomic E-state index is -0.918. The van der Waals surface area contributed by atoms with Crippen LogP contribution in [0.15, 0.2) is 46.4 Å². The Hall–Kier alpha value is -2.69. The molecule has 1 aromatic carbocycles. The first-order valence-electron chi connectivity index (χ1n) is 9.81. The van der Waals surface area contributed by atoms with Gasteiger partial charge in [0, 0.05) is 11.9 Å². The van der Waals surface area contributed by atoms with Crippen molar-refractivity contribution in [3.8, 4) is 11.3 Å². The van der Waals surface area contributed by atoms with Gasteiger partial charge in [0.15, 0.2) is 0 Å². The van der Waals surface area contributed by atoms with Gasteiger partial charge in [0.25, 0.3) is 0 Å². The molecular weight excluding hydrogens is 350 g/mol. The Bertz CT molecular complexity index is 964. The number of nitrogens with one attached hydrogen (secondary N) is 1. The van der Waals surface area contributed by atoms with Crippen molar-refractivity contribution < 1.29 is 9.90 Å². The van der Waals surface area contributed by atoms with E-state index in [1.165, 1.54) is 6.42 Å². The monoisotopic (exact) mass is 377 g/mol. The van der Waals surface area contributed by atoms with E-state index in [1.54, 1.807) is 12.1 Å². The molecule has 2 heterocycles. The van der Waals surface area contributed by atoms with Gasteiger partial charge in [-0.2, -0.15) is 0 Å². The number of fused-ring (bicyclic) bond motifs is 1. The highest BCUT2D eigenvalue weighted by molar-refractivity contribution is 6.38. The molecule has 5 nitrogen and oxygen atoms in total. The first-order valence-corrected chi connectivity index (χ1v) is 9.81. The fraction of sp³-hybridized carbons (Fsp3) is 0.435. The van der Waals surface area contributed by atoms with Crippen LogP contribution in [0.5, 0.6) is 0 Å². The van der Waals surface area contributed by atoms with Crippen LogP contribution in [0.2, 0.25) is 0 Å². The van der Waals surface area contributed by atoms with E-state index < -0.39 is 5.97 Å². The number of aromatic amines is 1. The number of aliphatic imine (C=N–C) groups is 2. The summed E-state index contributed by atoms with van der Waals surface area (Å²) in [6.07, 6.45) is 4.23. The molecule has 146 valence electrons. The van der Waals surface area contributed by atoms with Gasteiger partial charge in [0.05, 0.1) is 29.1 Å². The van der Waals surface area contributed by atoms with E-state index in [-0.39, 0.29) is 28.5 Å². The lowest BCUT2D eigenvalue weighted by molar-refractivity contribution is 0.0697. The smallest absolute Gasteiger partial charge is 0.335 e. The van der Waals surface area contributed by atoms with E-state index in [0.29, 0.717) is 0 Å². The van der Waals surface area contributed by atoms with Crippen molar-refractivity contribution in [3.05, 3.63) is 47.7 Å². The van der Waals surface area contributed by atoms with Crippen LogP contribution in [0.3, 0.4) is 0 Å². The number of benzene rings is 1. The van der Waals surface area contributed by atoms with E-state index in [4.69, 9.17) is 15.1 Å². The second-order valence-electron chi connectivity index (χ2n) is 9.33. The summed E-state index contributed by atoms with van der Waals surface area (Å²) in [4.78, 5) is 24.5. The Morgan fingerprint density at radius 2 is 1.57 bits per heavy atom. The molecule has 2 unspecified atom stereocenters. The van der Waals surface area contributed by atoms with E-state index >= 15 is 0 Å². The van der Waals surface area contributed by atoms with Gasteiger partial charge >= 0.3 is 5.97 Å². The first-order chi connectivity index (χ1) is 13.2. The normalized spacial score (nSPS) is 25.1. The van der Waals surface area contributed by atoms with Gasteiger partial charge in [-0.05, 0) is 53.5 Å². The third-order valence-corrected chi connectivity index (χ3v) is 6.35. The zero-order valence-corrected chi connectivity index (χ0v) is 16.9. The summed E-state index contributed by atoms with van der Waals surface area (Å²) in [5.41, 5.74) is 4.30. The molecule has 0 saturated heterocycles. The molecule has 2 aromatic rings. The van der Waals surface area contributed by atoms with Crippen LogP contribution >= 0.6 is 0 Å². The maximum absolute atomic E-state index is 11.0. The lowest BCUT2D eigenvalue weighted by atomic mass is 9.61. The predicted octanol–water partition coefficient (Wildman–Crippen LogP) is 4.84. The Balaban J connectivity index is 1.63. The Kier molecular flexibility index (Phi) is 4.29. The summed E-state index contributed by atoms with van der Waals surface area (Å²) in [5, 5.41) is 9.06. The van der Waals surface area contributed by atoms with Crippen molar-refractivity contribution >= 4 is 17.9 Å². The van der Waals surface area contributed by atoms with Crippen LogP contribution in [0.1, 0.15) is 56.6 Å². The fourth-order valence-corrected chi connectivity index (χ4v) is 4.30. The topological polar surface area (TPSA) is 77.8 Å². The number of aromatic nitrogens is 1. The van der Waals surface area contributed by atoms with E-state index in [1.807, 2.05) is 30.5 Å². The molecule has 5 heteroatoms. The average molecular weight is 377 g/mol. The molecule has 1 aliphatic carbocycles. The highest BCUT2D eigenvalue weighted by Crippen LogP contribution is 2.48. The van der Waals surface area contributed by atoms with Crippen molar-refractivity contribution in [1.82, 2.24) is 4.98 Å². The summed E-state index contributed by atoms with van der Waals surface area (Å²) < 4.78 is 0. The molecule has 0 spiro atoms. The Morgan fingerprint density at radius 3 is 2.21 bits per heavy atom. The zero-order chi connectivity index (χ0) is 20.1. The molecule has 1 saturated carbocycles. The molecule has 1 fully saturated rings. The largest absolute Gasteiger partial charge is 0.478 e. The maximum Gasteiger partial charge on any atom is 0.335 e. The van der Waals surface area contributed by atoms with Gasteiger partial charge < -0.3 is 10.1 Å². The molecule has 2 N–H and O–H groups in total. The highest BCUT2D eigenvalue weighted by Gasteiger charge is 2.49. The van der Waals surface area contributed by atoms with Gasteiger partial charge in [-0.3, -0.25) is 9.98 Å². The minimum absolute atomic E-state index is 0.130. The van der Waals surface area contributed by atoms with E-state index in [0.717, 1.165) is 29.1 Å². The molecule has 28 heavy (non-hydrogen) atoms. The summed E-state index contributed by atoms with van der Waals surface area (Å²) in [7, 11) is 0. The first kappa shape index (κ1) is 18.7. The van der Waals surface area contributed by atoms with Gasteiger partial charge in [-0.1, -0.05) is 39.8 Å². The van der Waals surface area contributed by atoms with Crippen molar-refractivity contribution in [2.75, 3.05) is 0 Å². The van der Waals surface area contributed by atoms with Gasteiger partial charge in [0.1, 0.15) is 0 Å². The van der Waals surface area contributed by atoms with Gasteiger partial charge in [-0.25, -0.2) is 4.79 Å². The molecule has 2 aliphatic rings. The third-order valence-electron chi connectivity index (χ3n) is 6.35.